The van der Waals surface area contributed by atoms with E-state index in [0.29, 0.717) is 18.0 Å². The van der Waals surface area contributed by atoms with Crippen LogP contribution in [0.1, 0.15) is 44.9 Å². The van der Waals surface area contributed by atoms with Crippen LogP contribution in [0.25, 0.3) is 0 Å². The van der Waals surface area contributed by atoms with Crippen molar-refractivity contribution in [1.29, 1.82) is 0 Å². The number of imidazole rings is 1. The van der Waals surface area contributed by atoms with Crippen LogP contribution >= 0.6 is 0 Å². The Labute approximate surface area is 161 Å². The molecule has 1 unspecified atom stereocenters. The number of nitrogens with zero attached hydrogens (tertiary/aromatic N) is 3. The van der Waals surface area contributed by atoms with E-state index in [1.165, 1.54) is 0 Å². The van der Waals surface area contributed by atoms with Crippen molar-refractivity contribution in [3.05, 3.63) is 18.2 Å². The van der Waals surface area contributed by atoms with Crippen molar-refractivity contribution in [3.8, 4) is 0 Å². The van der Waals surface area contributed by atoms with Crippen molar-refractivity contribution in [1.82, 2.24) is 19.8 Å². The van der Waals surface area contributed by atoms with E-state index < -0.39 is 0 Å². The monoisotopic (exact) mass is 376 g/mol. The van der Waals surface area contributed by atoms with Crippen LogP contribution in [0.5, 0.6) is 0 Å². The first-order valence-electron chi connectivity index (χ1n) is 10.4. The van der Waals surface area contributed by atoms with Gasteiger partial charge in [-0.1, -0.05) is 0 Å². The number of aromatic nitrogens is 2. The van der Waals surface area contributed by atoms with E-state index in [1.54, 1.807) is 0 Å². The van der Waals surface area contributed by atoms with E-state index in [9.17, 15) is 4.79 Å². The Kier molecular flexibility index (Phi) is 5.80. The first-order valence-corrected chi connectivity index (χ1v) is 10.4. The molecule has 2 aliphatic heterocycles. The average Bonchev–Trinajstić information content (AvgIpc) is 3.18. The zero-order valence-electron chi connectivity index (χ0n) is 16.4. The molecule has 3 heterocycles. The molecule has 0 aromatic carbocycles. The maximum Gasteiger partial charge on any atom is 0.249 e. The first kappa shape index (κ1) is 18.9. The topological polar surface area (TPSA) is 68.6 Å². The van der Waals surface area contributed by atoms with Gasteiger partial charge in [0.05, 0.1) is 12.6 Å². The largest absolute Gasteiger partial charge is 0.381 e. The number of carbonyl (C=O) groups is 1. The molecule has 4 rings (SSSR count). The lowest BCUT2D eigenvalue weighted by molar-refractivity contribution is -0.142. The van der Waals surface area contributed by atoms with E-state index >= 15 is 0 Å². The standard InChI is InChI=1S/C20H32N4O3/c1-2-23-10-9-22-18(23)14-24(17-13-20(17)5-7-21-8-6-20)19(25)15-27-16-3-11-26-12-4-16/h9-10,16-17,21H,2-8,11-15H2,1H3. The number of aryl methyl sites for hydroxylation is 1. The fourth-order valence-corrected chi connectivity index (χ4v) is 4.65. The second-order valence-electron chi connectivity index (χ2n) is 8.11. The first-order chi connectivity index (χ1) is 13.2. The molecule has 1 aliphatic carbocycles. The molecule has 1 amide bonds. The highest BCUT2D eigenvalue weighted by atomic mass is 16.5. The van der Waals surface area contributed by atoms with Gasteiger partial charge in [-0.3, -0.25) is 4.79 Å². The van der Waals surface area contributed by atoms with Crippen molar-refractivity contribution in [3.63, 3.8) is 0 Å². The molecule has 0 bridgehead atoms. The second kappa shape index (κ2) is 8.29. The minimum absolute atomic E-state index is 0.104. The predicted molar refractivity (Wildman–Crippen MR) is 101 cm³/mol. The summed E-state index contributed by atoms with van der Waals surface area (Å²) in [6.07, 6.45) is 9.16. The molecule has 3 aliphatic rings. The van der Waals surface area contributed by atoms with Crippen molar-refractivity contribution in [2.24, 2.45) is 5.41 Å². The van der Waals surface area contributed by atoms with Crippen molar-refractivity contribution < 1.29 is 14.3 Å². The molecule has 27 heavy (non-hydrogen) atoms. The van der Waals surface area contributed by atoms with Crippen LogP contribution in [0, 0.1) is 5.41 Å². The summed E-state index contributed by atoms with van der Waals surface area (Å²) in [7, 11) is 0. The van der Waals surface area contributed by atoms with Crippen LogP contribution in [-0.4, -0.2) is 65.4 Å². The second-order valence-corrected chi connectivity index (χ2v) is 8.11. The van der Waals surface area contributed by atoms with Gasteiger partial charge in [0.2, 0.25) is 5.91 Å². The van der Waals surface area contributed by atoms with E-state index in [2.05, 4.69) is 26.7 Å². The van der Waals surface area contributed by atoms with Gasteiger partial charge >= 0.3 is 0 Å². The van der Waals surface area contributed by atoms with Crippen molar-refractivity contribution in [2.75, 3.05) is 32.9 Å². The van der Waals surface area contributed by atoms with E-state index in [-0.39, 0.29) is 18.6 Å². The highest BCUT2D eigenvalue weighted by Crippen LogP contribution is 2.56. The molecule has 1 aromatic heterocycles. The Morgan fingerprint density at radius 1 is 1.41 bits per heavy atom. The van der Waals surface area contributed by atoms with Gasteiger partial charge in [0, 0.05) is 38.2 Å². The maximum atomic E-state index is 13.1. The Balaban J connectivity index is 1.43. The molecule has 1 N–H and O–H groups in total. The number of rotatable bonds is 7. The number of piperidine rings is 1. The number of hydrogen-bond donors (Lipinski definition) is 1. The van der Waals surface area contributed by atoms with Gasteiger partial charge in [-0.15, -0.1) is 0 Å². The molecule has 3 fully saturated rings. The van der Waals surface area contributed by atoms with Gasteiger partial charge in [0.1, 0.15) is 12.4 Å². The lowest BCUT2D eigenvalue weighted by Crippen LogP contribution is -2.42. The van der Waals surface area contributed by atoms with Crippen LogP contribution in [0.4, 0.5) is 0 Å². The number of ether oxygens (including phenoxy) is 2. The summed E-state index contributed by atoms with van der Waals surface area (Å²) in [6.45, 7) is 7.30. The molecular weight excluding hydrogens is 344 g/mol. The highest BCUT2D eigenvalue weighted by Gasteiger charge is 2.57. The number of hydrogen-bond acceptors (Lipinski definition) is 5. The molecule has 7 heteroatoms. The molecule has 150 valence electrons. The Hall–Kier alpha value is -1.44. The van der Waals surface area contributed by atoms with E-state index in [0.717, 1.165) is 70.8 Å². The van der Waals surface area contributed by atoms with Crippen LogP contribution in [0.2, 0.25) is 0 Å². The quantitative estimate of drug-likeness (QED) is 0.782. The zero-order valence-corrected chi connectivity index (χ0v) is 16.4. The summed E-state index contributed by atoms with van der Waals surface area (Å²) in [5, 5.41) is 3.44. The normalized spacial score (nSPS) is 24.9. The predicted octanol–water partition coefficient (Wildman–Crippen LogP) is 1.57. The Morgan fingerprint density at radius 3 is 2.93 bits per heavy atom. The van der Waals surface area contributed by atoms with Crippen LogP contribution in [-0.2, 0) is 27.4 Å². The van der Waals surface area contributed by atoms with E-state index in [4.69, 9.17) is 9.47 Å². The molecule has 1 spiro atoms. The summed E-state index contributed by atoms with van der Waals surface area (Å²) < 4.78 is 13.4. The van der Waals surface area contributed by atoms with Crippen LogP contribution in [0.15, 0.2) is 12.4 Å². The molecule has 1 saturated carbocycles. The van der Waals surface area contributed by atoms with Gasteiger partial charge in [0.25, 0.3) is 0 Å². The van der Waals surface area contributed by atoms with Gasteiger partial charge in [-0.2, -0.15) is 0 Å². The molecule has 1 atom stereocenters. The molecule has 1 aromatic rings. The summed E-state index contributed by atoms with van der Waals surface area (Å²) in [5.74, 6) is 1.07. The van der Waals surface area contributed by atoms with Crippen molar-refractivity contribution >= 4 is 5.91 Å². The van der Waals surface area contributed by atoms with Crippen molar-refractivity contribution in [2.45, 2.75) is 64.3 Å². The SMILES string of the molecule is CCn1ccnc1CN(C(=O)COC1CCOCC1)C1CC12CCNCC2. The minimum atomic E-state index is 0.104. The van der Waals surface area contributed by atoms with Gasteiger partial charge in [0.15, 0.2) is 0 Å². The number of amides is 1. The summed E-state index contributed by atoms with van der Waals surface area (Å²) in [4.78, 5) is 19.7. The van der Waals surface area contributed by atoms with E-state index in [1.807, 2.05) is 12.4 Å². The van der Waals surface area contributed by atoms with Crippen LogP contribution in [0.3, 0.4) is 0 Å². The number of nitrogens with one attached hydrogen (secondary N) is 1. The Morgan fingerprint density at radius 2 is 2.19 bits per heavy atom. The fourth-order valence-electron chi connectivity index (χ4n) is 4.65. The smallest absolute Gasteiger partial charge is 0.249 e. The number of carbonyl (C=O) groups excluding carboxylic acids is 1. The summed E-state index contributed by atoms with van der Waals surface area (Å²) in [6, 6.07) is 0.326. The molecule has 0 radical (unpaired) electrons. The van der Waals surface area contributed by atoms with Gasteiger partial charge in [-0.05, 0) is 57.5 Å². The molecule has 2 saturated heterocycles. The fraction of sp³-hybridized carbons (Fsp3) is 0.800. The molecule has 7 nitrogen and oxygen atoms in total. The average molecular weight is 377 g/mol. The highest BCUT2D eigenvalue weighted by molar-refractivity contribution is 5.78. The van der Waals surface area contributed by atoms with Crippen LogP contribution < -0.4 is 5.32 Å². The zero-order chi connectivity index (χ0) is 18.7. The molecular formula is C20H32N4O3. The summed E-state index contributed by atoms with van der Waals surface area (Å²) in [5.41, 5.74) is 0.309. The lowest BCUT2D eigenvalue weighted by Gasteiger charge is -2.30. The Bertz CT molecular complexity index is 635. The maximum absolute atomic E-state index is 13.1. The lowest BCUT2D eigenvalue weighted by atomic mass is 9.93. The summed E-state index contributed by atoms with van der Waals surface area (Å²) >= 11 is 0. The third-order valence-electron chi connectivity index (χ3n) is 6.51. The third-order valence-corrected chi connectivity index (χ3v) is 6.51. The third kappa shape index (κ3) is 4.20. The van der Waals surface area contributed by atoms with Gasteiger partial charge < -0.3 is 24.3 Å². The van der Waals surface area contributed by atoms with Gasteiger partial charge in [-0.25, -0.2) is 4.98 Å². The minimum Gasteiger partial charge on any atom is -0.381 e.